The molecule has 110 valence electrons. The predicted molar refractivity (Wildman–Crippen MR) is 78.5 cm³/mol. The molecular weight excluding hydrogens is 252 g/mol. The van der Waals surface area contributed by atoms with Gasteiger partial charge in [0.05, 0.1) is 0 Å². The summed E-state index contributed by atoms with van der Waals surface area (Å²) in [4.78, 5) is 4.38. The maximum atomic E-state index is 5.26. The second-order valence-corrected chi connectivity index (χ2v) is 5.15. The fourth-order valence-electron chi connectivity index (χ4n) is 2.13. The van der Waals surface area contributed by atoms with Gasteiger partial charge in [-0.3, -0.25) is 0 Å². The maximum Gasteiger partial charge on any atom is 0.246 e. The number of aromatic nitrogens is 3. The summed E-state index contributed by atoms with van der Waals surface area (Å²) in [6, 6.07) is 2.51. The first kappa shape index (κ1) is 14.8. The van der Waals surface area contributed by atoms with Crippen LogP contribution in [0.1, 0.15) is 56.9 Å². The number of nitrogens with zero attached hydrogens (tertiary/aromatic N) is 3. The molecule has 0 aromatic carbocycles. The molecule has 2 aromatic heterocycles. The van der Waals surface area contributed by atoms with E-state index in [0.717, 1.165) is 31.6 Å². The Morgan fingerprint density at radius 3 is 2.95 bits per heavy atom. The van der Waals surface area contributed by atoms with E-state index in [1.165, 1.54) is 5.56 Å². The summed E-state index contributed by atoms with van der Waals surface area (Å²) in [5.41, 5.74) is 1.28. The number of aryl methyl sites for hydroxylation is 1. The number of hydrogen-bond donors (Lipinski definition) is 1. The van der Waals surface area contributed by atoms with E-state index in [1.54, 1.807) is 0 Å². The molecule has 1 N–H and O–H groups in total. The van der Waals surface area contributed by atoms with Crippen LogP contribution in [0.5, 0.6) is 0 Å². The van der Waals surface area contributed by atoms with Crippen molar-refractivity contribution in [3.8, 4) is 0 Å². The molecule has 0 saturated carbocycles. The Labute approximate surface area is 120 Å². The molecule has 0 aliphatic rings. The third-order valence-corrected chi connectivity index (χ3v) is 3.28. The summed E-state index contributed by atoms with van der Waals surface area (Å²) in [6.45, 7) is 8.14. The minimum Gasteiger partial charge on any atom is -0.345 e. The first-order valence-electron chi connectivity index (χ1n) is 7.43. The molecule has 1 unspecified atom stereocenters. The molecule has 0 bridgehead atoms. The summed E-state index contributed by atoms with van der Waals surface area (Å²) >= 11 is 0. The number of hydrogen-bond acceptors (Lipinski definition) is 4. The Morgan fingerprint density at radius 2 is 2.20 bits per heavy atom. The first-order chi connectivity index (χ1) is 9.72. The Balaban J connectivity index is 1.94. The third kappa shape index (κ3) is 3.93. The Bertz CT molecular complexity index is 517. The van der Waals surface area contributed by atoms with Gasteiger partial charge in [-0.1, -0.05) is 19.0 Å². The molecule has 1 atom stereocenters. The molecule has 5 heteroatoms. The van der Waals surface area contributed by atoms with Gasteiger partial charge < -0.3 is 14.4 Å². The highest BCUT2D eigenvalue weighted by Crippen LogP contribution is 2.13. The van der Waals surface area contributed by atoms with E-state index in [9.17, 15) is 0 Å². The summed E-state index contributed by atoms with van der Waals surface area (Å²) < 4.78 is 7.34. The summed E-state index contributed by atoms with van der Waals surface area (Å²) in [6.07, 6.45) is 7.25. The van der Waals surface area contributed by atoms with Crippen molar-refractivity contribution in [3.63, 3.8) is 0 Å². The van der Waals surface area contributed by atoms with Crippen LogP contribution in [0.15, 0.2) is 23.0 Å². The van der Waals surface area contributed by atoms with Crippen molar-refractivity contribution in [1.29, 1.82) is 0 Å². The van der Waals surface area contributed by atoms with Gasteiger partial charge in [-0.15, -0.1) is 0 Å². The van der Waals surface area contributed by atoms with E-state index < -0.39 is 0 Å². The lowest BCUT2D eigenvalue weighted by atomic mass is 10.2. The van der Waals surface area contributed by atoms with Gasteiger partial charge in [0, 0.05) is 24.9 Å². The molecule has 0 fully saturated rings. The van der Waals surface area contributed by atoms with Crippen molar-refractivity contribution < 1.29 is 4.52 Å². The highest BCUT2D eigenvalue weighted by molar-refractivity contribution is 5.15. The Kier molecular flexibility index (Phi) is 5.35. The number of rotatable bonds is 8. The van der Waals surface area contributed by atoms with Crippen LogP contribution < -0.4 is 5.32 Å². The van der Waals surface area contributed by atoms with Gasteiger partial charge in [-0.25, -0.2) is 0 Å². The van der Waals surface area contributed by atoms with Crippen LogP contribution >= 0.6 is 0 Å². The van der Waals surface area contributed by atoms with Crippen molar-refractivity contribution >= 4 is 0 Å². The van der Waals surface area contributed by atoms with Crippen LogP contribution in [0, 0.1) is 0 Å². The van der Waals surface area contributed by atoms with Crippen molar-refractivity contribution in [1.82, 2.24) is 20.0 Å². The number of nitrogens with one attached hydrogen (secondary N) is 1. The molecule has 0 saturated heterocycles. The molecule has 2 rings (SSSR count). The van der Waals surface area contributed by atoms with Crippen LogP contribution in [-0.2, 0) is 13.0 Å². The van der Waals surface area contributed by atoms with Gasteiger partial charge >= 0.3 is 0 Å². The van der Waals surface area contributed by atoms with E-state index in [-0.39, 0.29) is 0 Å². The average molecular weight is 276 g/mol. The van der Waals surface area contributed by atoms with Crippen LogP contribution in [0.2, 0.25) is 0 Å². The molecule has 0 amide bonds. The summed E-state index contributed by atoms with van der Waals surface area (Å²) in [7, 11) is 0. The molecule has 2 aromatic rings. The van der Waals surface area contributed by atoms with E-state index in [2.05, 4.69) is 59.3 Å². The van der Waals surface area contributed by atoms with Gasteiger partial charge in [0.2, 0.25) is 5.89 Å². The smallest absolute Gasteiger partial charge is 0.246 e. The Morgan fingerprint density at radius 1 is 1.35 bits per heavy atom. The zero-order valence-corrected chi connectivity index (χ0v) is 12.6. The van der Waals surface area contributed by atoms with Crippen LogP contribution in [0.25, 0.3) is 0 Å². The fraction of sp³-hybridized carbons (Fsp3) is 0.600. The Hall–Kier alpha value is -1.62. The van der Waals surface area contributed by atoms with Gasteiger partial charge in [0.15, 0.2) is 5.82 Å². The minimum atomic E-state index is 0.370. The largest absolute Gasteiger partial charge is 0.345 e. The molecule has 2 heterocycles. The van der Waals surface area contributed by atoms with Crippen molar-refractivity contribution in [3.05, 3.63) is 35.7 Å². The summed E-state index contributed by atoms with van der Waals surface area (Å²) in [5.74, 6) is 1.47. The lowest BCUT2D eigenvalue weighted by molar-refractivity contribution is 0.366. The van der Waals surface area contributed by atoms with E-state index in [4.69, 9.17) is 4.52 Å². The van der Waals surface area contributed by atoms with Gasteiger partial charge in [0.25, 0.3) is 0 Å². The zero-order valence-electron chi connectivity index (χ0n) is 12.6. The van der Waals surface area contributed by atoms with Crippen molar-refractivity contribution in [2.45, 2.75) is 52.6 Å². The average Bonchev–Trinajstić information content (AvgIpc) is 3.07. The molecule has 0 aliphatic heterocycles. The minimum absolute atomic E-state index is 0.370. The zero-order chi connectivity index (χ0) is 14.4. The standard InChI is InChI=1S/C15H24N4O/c1-4-6-14-17-15(20-18-14)11-19-9-7-13(10-19)12(3)16-8-5-2/h7,9-10,12,16H,4-6,8,11H2,1-3H3. The van der Waals surface area contributed by atoms with Gasteiger partial charge in [-0.05, 0) is 37.9 Å². The molecule has 20 heavy (non-hydrogen) atoms. The quantitative estimate of drug-likeness (QED) is 0.805. The summed E-state index contributed by atoms with van der Waals surface area (Å²) in [5, 5.41) is 7.45. The molecule has 5 nitrogen and oxygen atoms in total. The van der Waals surface area contributed by atoms with Crippen molar-refractivity contribution in [2.75, 3.05) is 6.54 Å². The second-order valence-electron chi connectivity index (χ2n) is 5.15. The lowest BCUT2D eigenvalue weighted by Gasteiger charge is -2.10. The van der Waals surface area contributed by atoms with Crippen LogP contribution in [0.3, 0.4) is 0 Å². The highest BCUT2D eigenvalue weighted by Gasteiger charge is 2.09. The van der Waals surface area contributed by atoms with Crippen LogP contribution in [0.4, 0.5) is 0 Å². The second kappa shape index (κ2) is 7.24. The monoisotopic (exact) mass is 276 g/mol. The molecule has 0 spiro atoms. The SMILES string of the molecule is CCCNC(C)c1ccn(Cc2nc(CCC)no2)c1. The normalized spacial score (nSPS) is 12.8. The lowest BCUT2D eigenvalue weighted by Crippen LogP contribution is -2.18. The first-order valence-corrected chi connectivity index (χ1v) is 7.43. The van der Waals surface area contributed by atoms with E-state index in [1.807, 2.05) is 0 Å². The molecule has 0 aliphatic carbocycles. The van der Waals surface area contributed by atoms with Gasteiger partial charge in [0.1, 0.15) is 6.54 Å². The third-order valence-electron chi connectivity index (χ3n) is 3.28. The molecular formula is C15H24N4O. The topological polar surface area (TPSA) is 55.9 Å². The van der Waals surface area contributed by atoms with E-state index in [0.29, 0.717) is 18.5 Å². The van der Waals surface area contributed by atoms with Gasteiger partial charge in [-0.2, -0.15) is 4.98 Å². The van der Waals surface area contributed by atoms with Crippen molar-refractivity contribution in [2.24, 2.45) is 0 Å². The highest BCUT2D eigenvalue weighted by atomic mass is 16.5. The maximum absolute atomic E-state index is 5.26. The van der Waals surface area contributed by atoms with Crippen LogP contribution in [-0.4, -0.2) is 21.3 Å². The molecule has 0 radical (unpaired) electrons. The van der Waals surface area contributed by atoms with E-state index >= 15 is 0 Å². The predicted octanol–water partition coefficient (Wildman–Crippen LogP) is 2.93. The fourth-order valence-corrected chi connectivity index (χ4v) is 2.13.